The van der Waals surface area contributed by atoms with Crippen molar-refractivity contribution in [2.24, 2.45) is 13.0 Å². The molecule has 1 saturated heterocycles. The Morgan fingerprint density at radius 2 is 1.93 bits per heavy atom. The highest BCUT2D eigenvalue weighted by Gasteiger charge is 2.30. The average Bonchev–Trinajstić information content (AvgIpc) is 3.05. The molecule has 1 aliphatic rings. The molecule has 146 valence electrons. The van der Waals surface area contributed by atoms with E-state index in [0.717, 1.165) is 5.56 Å². The van der Waals surface area contributed by atoms with Gasteiger partial charge in [-0.15, -0.1) is 0 Å². The zero-order chi connectivity index (χ0) is 20.0. The molecule has 8 nitrogen and oxygen atoms in total. The first-order valence-electron chi connectivity index (χ1n) is 9.27. The van der Waals surface area contributed by atoms with Gasteiger partial charge in [-0.3, -0.25) is 18.8 Å². The number of amides is 1. The topological polar surface area (TPSA) is 85.9 Å². The van der Waals surface area contributed by atoms with Crippen molar-refractivity contribution >= 4 is 28.6 Å². The average molecular weight is 382 g/mol. The standard InChI is InChI=1S/C20H22N4O4/c1-12-5-4-8-24-16(12)21-17-14(18(24)25)11-15(22(17)2)19(26)23-9-6-13(7-10-23)20(27)28-3/h4-5,8,11,13H,6-7,9-10H2,1-3H3. The van der Waals surface area contributed by atoms with Crippen molar-refractivity contribution in [2.45, 2.75) is 19.8 Å². The number of piperidine rings is 1. The van der Waals surface area contributed by atoms with E-state index in [0.29, 0.717) is 48.3 Å². The molecule has 28 heavy (non-hydrogen) atoms. The van der Waals surface area contributed by atoms with Gasteiger partial charge in [-0.2, -0.15) is 0 Å². The number of fused-ring (bicyclic) bond motifs is 2. The molecule has 1 amide bonds. The second kappa shape index (κ2) is 6.78. The number of carbonyl (C=O) groups excluding carboxylic acids is 2. The summed E-state index contributed by atoms with van der Waals surface area (Å²) in [6.07, 6.45) is 2.84. The number of hydrogen-bond acceptors (Lipinski definition) is 5. The smallest absolute Gasteiger partial charge is 0.308 e. The molecule has 3 aromatic heterocycles. The predicted molar refractivity (Wildman–Crippen MR) is 103 cm³/mol. The first-order valence-corrected chi connectivity index (χ1v) is 9.27. The molecular formula is C20H22N4O4. The number of pyridine rings is 1. The fraction of sp³-hybridized carbons (Fsp3) is 0.400. The van der Waals surface area contributed by atoms with Gasteiger partial charge in [0.05, 0.1) is 18.4 Å². The van der Waals surface area contributed by atoms with Gasteiger partial charge in [-0.25, -0.2) is 4.98 Å². The third kappa shape index (κ3) is 2.76. The summed E-state index contributed by atoms with van der Waals surface area (Å²) in [5.41, 5.74) is 2.19. The first kappa shape index (κ1) is 18.2. The molecular weight excluding hydrogens is 360 g/mol. The van der Waals surface area contributed by atoms with Crippen LogP contribution in [0.5, 0.6) is 0 Å². The fourth-order valence-corrected chi connectivity index (χ4v) is 3.88. The maximum atomic E-state index is 13.1. The highest BCUT2D eigenvalue weighted by molar-refractivity contribution is 5.98. The van der Waals surface area contributed by atoms with E-state index in [1.165, 1.54) is 11.5 Å². The number of likely N-dealkylation sites (tertiary alicyclic amines) is 1. The van der Waals surface area contributed by atoms with Crippen LogP contribution in [-0.2, 0) is 16.6 Å². The van der Waals surface area contributed by atoms with Crippen molar-refractivity contribution in [1.29, 1.82) is 0 Å². The van der Waals surface area contributed by atoms with Crippen LogP contribution in [-0.4, -0.2) is 50.9 Å². The van der Waals surface area contributed by atoms with Gasteiger partial charge in [0, 0.05) is 26.3 Å². The van der Waals surface area contributed by atoms with Crippen molar-refractivity contribution in [1.82, 2.24) is 18.9 Å². The lowest BCUT2D eigenvalue weighted by molar-refractivity contribution is -0.146. The lowest BCUT2D eigenvalue weighted by atomic mass is 9.97. The normalized spacial score (nSPS) is 15.3. The maximum absolute atomic E-state index is 13.1. The molecule has 0 unspecified atom stereocenters. The number of methoxy groups -OCH3 is 1. The van der Waals surface area contributed by atoms with Gasteiger partial charge in [-0.05, 0) is 37.5 Å². The fourth-order valence-electron chi connectivity index (χ4n) is 3.88. The number of rotatable bonds is 2. The molecule has 0 N–H and O–H groups in total. The lowest BCUT2D eigenvalue weighted by Crippen LogP contribution is -2.41. The second-order valence-electron chi connectivity index (χ2n) is 7.22. The van der Waals surface area contributed by atoms with Crippen LogP contribution in [0.25, 0.3) is 16.7 Å². The molecule has 1 fully saturated rings. The summed E-state index contributed by atoms with van der Waals surface area (Å²) in [5.74, 6) is -0.550. The van der Waals surface area contributed by atoms with Crippen LogP contribution in [0.1, 0.15) is 28.9 Å². The molecule has 1 aliphatic heterocycles. The summed E-state index contributed by atoms with van der Waals surface area (Å²) in [5, 5.41) is 0.415. The van der Waals surface area contributed by atoms with Gasteiger partial charge in [0.25, 0.3) is 11.5 Å². The highest BCUT2D eigenvalue weighted by atomic mass is 16.5. The van der Waals surface area contributed by atoms with Crippen LogP contribution in [0.15, 0.2) is 29.2 Å². The van der Waals surface area contributed by atoms with E-state index in [-0.39, 0.29) is 23.4 Å². The summed E-state index contributed by atoms with van der Waals surface area (Å²) in [7, 11) is 3.13. The minimum absolute atomic E-state index is 0.158. The van der Waals surface area contributed by atoms with E-state index in [2.05, 4.69) is 4.98 Å². The molecule has 3 aromatic rings. The quantitative estimate of drug-likeness (QED) is 0.628. The van der Waals surface area contributed by atoms with Crippen molar-refractivity contribution in [2.75, 3.05) is 20.2 Å². The molecule has 0 bridgehead atoms. The van der Waals surface area contributed by atoms with Crippen LogP contribution in [0.4, 0.5) is 0 Å². The van der Waals surface area contributed by atoms with Crippen LogP contribution in [0.2, 0.25) is 0 Å². The molecule has 0 saturated carbocycles. The van der Waals surface area contributed by atoms with E-state index < -0.39 is 0 Å². The lowest BCUT2D eigenvalue weighted by Gasteiger charge is -2.30. The van der Waals surface area contributed by atoms with Crippen molar-refractivity contribution in [3.05, 3.63) is 46.0 Å². The second-order valence-corrected chi connectivity index (χ2v) is 7.22. The third-order valence-electron chi connectivity index (χ3n) is 5.56. The number of nitrogens with zero attached hydrogens (tertiary/aromatic N) is 4. The zero-order valence-electron chi connectivity index (χ0n) is 16.1. The maximum Gasteiger partial charge on any atom is 0.308 e. The van der Waals surface area contributed by atoms with E-state index in [1.807, 2.05) is 13.0 Å². The number of ether oxygens (including phenoxy) is 1. The molecule has 0 aliphatic carbocycles. The van der Waals surface area contributed by atoms with Crippen molar-refractivity contribution < 1.29 is 14.3 Å². The number of hydrogen-bond donors (Lipinski definition) is 0. The summed E-state index contributed by atoms with van der Waals surface area (Å²) in [6.45, 7) is 2.86. The molecule has 0 radical (unpaired) electrons. The summed E-state index contributed by atoms with van der Waals surface area (Å²) < 4.78 is 7.98. The van der Waals surface area contributed by atoms with Gasteiger partial charge in [0.15, 0.2) is 0 Å². The van der Waals surface area contributed by atoms with E-state index in [1.54, 1.807) is 34.8 Å². The molecule has 0 aromatic carbocycles. The van der Waals surface area contributed by atoms with Crippen molar-refractivity contribution in [3.8, 4) is 0 Å². The number of aryl methyl sites for hydroxylation is 2. The Morgan fingerprint density at radius 3 is 2.61 bits per heavy atom. The molecule has 8 heteroatoms. The molecule has 4 heterocycles. The van der Waals surface area contributed by atoms with Crippen LogP contribution < -0.4 is 5.56 Å². The highest BCUT2D eigenvalue weighted by Crippen LogP contribution is 2.22. The Hall–Kier alpha value is -3.16. The predicted octanol–water partition coefficient (Wildman–Crippen LogP) is 1.52. The number of carbonyl (C=O) groups is 2. The van der Waals surface area contributed by atoms with Gasteiger partial charge >= 0.3 is 5.97 Å². The summed E-state index contributed by atoms with van der Waals surface area (Å²) in [4.78, 5) is 44.0. The monoisotopic (exact) mass is 382 g/mol. The SMILES string of the molecule is COC(=O)C1CCN(C(=O)c2cc3c(=O)n4cccc(C)c4nc3n2C)CC1. The summed E-state index contributed by atoms with van der Waals surface area (Å²) in [6, 6.07) is 5.32. The Labute approximate surface area is 161 Å². The first-order chi connectivity index (χ1) is 13.4. The number of aromatic nitrogens is 3. The largest absolute Gasteiger partial charge is 0.469 e. The van der Waals surface area contributed by atoms with Crippen LogP contribution in [0.3, 0.4) is 0 Å². The van der Waals surface area contributed by atoms with Gasteiger partial charge in [0.1, 0.15) is 17.0 Å². The molecule has 0 atom stereocenters. The Kier molecular flexibility index (Phi) is 4.41. The minimum Gasteiger partial charge on any atom is -0.469 e. The van der Waals surface area contributed by atoms with E-state index >= 15 is 0 Å². The molecule has 0 spiro atoms. The van der Waals surface area contributed by atoms with Crippen LogP contribution >= 0.6 is 0 Å². The van der Waals surface area contributed by atoms with Crippen molar-refractivity contribution in [3.63, 3.8) is 0 Å². The van der Waals surface area contributed by atoms with Gasteiger partial charge in [0.2, 0.25) is 0 Å². The van der Waals surface area contributed by atoms with E-state index in [9.17, 15) is 14.4 Å². The molecule has 4 rings (SSSR count). The number of esters is 1. The van der Waals surface area contributed by atoms with Gasteiger partial charge < -0.3 is 14.2 Å². The minimum atomic E-state index is -0.226. The Balaban J connectivity index is 1.71. The Morgan fingerprint density at radius 1 is 1.21 bits per heavy atom. The van der Waals surface area contributed by atoms with E-state index in [4.69, 9.17) is 4.74 Å². The Bertz CT molecular complexity index is 1150. The zero-order valence-corrected chi connectivity index (χ0v) is 16.1. The summed E-state index contributed by atoms with van der Waals surface area (Å²) >= 11 is 0. The van der Waals surface area contributed by atoms with Crippen LogP contribution in [0, 0.1) is 12.8 Å². The van der Waals surface area contributed by atoms with Gasteiger partial charge in [-0.1, -0.05) is 6.07 Å². The third-order valence-corrected chi connectivity index (χ3v) is 5.56.